The third-order valence-corrected chi connectivity index (χ3v) is 5.70. The summed E-state index contributed by atoms with van der Waals surface area (Å²) in [6, 6.07) is 0. The van der Waals surface area contributed by atoms with E-state index in [0.29, 0.717) is 0 Å². The lowest BCUT2D eigenvalue weighted by molar-refractivity contribution is 0.310. The SMILES string of the molecule is C1=C2C=C3C=C4CCCCC4CC3CC2CCC1. The Balaban J connectivity index is 1.68. The summed E-state index contributed by atoms with van der Waals surface area (Å²) in [4.78, 5) is 0. The summed E-state index contributed by atoms with van der Waals surface area (Å²) in [5.74, 6) is 2.76. The molecule has 0 bridgehead atoms. The maximum absolute atomic E-state index is 2.60. The monoisotopic (exact) mass is 240 g/mol. The van der Waals surface area contributed by atoms with Crippen molar-refractivity contribution >= 4 is 0 Å². The number of hydrogen-bond acceptors (Lipinski definition) is 0. The van der Waals surface area contributed by atoms with Gasteiger partial charge in [-0.3, -0.25) is 0 Å². The predicted molar refractivity (Wildman–Crippen MR) is 76.3 cm³/mol. The van der Waals surface area contributed by atoms with Crippen LogP contribution < -0.4 is 0 Å². The Hall–Kier alpha value is -0.780. The molecule has 18 heavy (non-hydrogen) atoms. The van der Waals surface area contributed by atoms with Crippen molar-refractivity contribution in [3.05, 3.63) is 34.9 Å². The van der Waals surface area contributed by atoms with E-state index in [2.05, 4.69) is 18.2 Å². The Bertz CT molecular complexity index is 435. The first-order valence-corrected chi connectivity index (χ1v) is 8.02. The second kappa shape index (κ2) is 4.40. The zero-order valence-electron chi connectivity index (χ0n) is 11.3. The van der Waals surface area contributed by atoms with Gasteiger partial charge >= 0.3 is 0 Å². The van der Waals surface area contributed by atoms with Crippen LogP contribution in [-0.2, 0) is 0 Å². The van der Waals surface area contributed by atoms with E-state index in [-0.39, 0.29) is 0 Å². The first-order chi connectivity index (χ1) is 8.90. The molecule has 0 saturated heterocycles. The summed E-state index contributed by atoms with van der Waals surface area (Å²) in [5, 5.41) is 0. The first-order valence-electron chi connectivity index (χ1n) is 8.02. The van der Waals surface area contributed by atoms with E-state index in [1.165, 1.54) is 57.8 Å². The van der Waals surface area contributed by atoms with Crippen molar-refractivity contribution in [1.29, 1.82) is 0 Å². The largest absolute Gasteiger partial charge is 0.0810 e. The van der Waals surface area contributed by atoms with E-state index >= 15 is 0 Å². The molecule has 96 valence electrons. The van der Waals surface area contributed by atoms with Gasteiger partial charge in [0.2, 0.25) is 0 Å². The topological polar surface area (TPSA) is 0 Å². The van der Waals surface area contributed by atoms with Gasteiger partial charge in [-0.2, -0.15) is 0 Å². The average Bonchev–Trinajstić information content (AvgIpc) is 2.42. The Morgan fingerprint density at radius 1 is 0.778 bits per heavy atom. The van der Waals surface area contributed by atoms with E-state index in [4.69, 9.17) is 0 Å². The van der Waals surface area contributed by atoms with E-state index in [1.807, 2.05) is 0 Å². The lowest BCUT2D eigenvalue weighted by Gasteiger charge is -2.40. The molecule has 0 aromatic carbocycles. The Morgan fingerprint density at radius 2 is 1.67 bits per heavy atom. The van der Waals surface area contributed by atoms with Crippen molar-refractivity contribution < 1.29 is 0 Å². The lowest BCUT2D eigenvalue weighted by atomic mass is 9.65. The third-order valence-electron chi connectivity index (χ3n) is 5.70. The summed E-state index contributed by atoms with van der Waals surface area (Å²) in [5.41, 5.74) is 5.16. The molecule has 0 N–H and O–H groups in total. The van der Waals surface area contributed by atoms with Crippen molar-refractivity contribution in [2.75, 3.05) is 0 Å². The summed E-state index contributed by atoms with van der Waals surface area (Å²) in [6.07, 6.45) is 20.6. The van der Waals surface area contributed by atoms with Gasteiger partial charge in [0, 0.05) is 0 Å². The Kier molecular flexibility index (Phi) is 2.71. The minimum Gasteiger partial charge on any atom is -0.0810 e. The lowest BCUT2D eigenvalue weighted by Crippen LogP contribution is -2.26. The molecule has 0 nitrogen and oxygen atoms in total. The van der Waals surface area contributed by atoms with E-state index in [1.54, 1.807) is 16.7 Å². The molecule has 0 heterocycles. The van der Waals surface area contributed by atoms with Crippen molar-refractivity contribution in [2.24, 2.45) is 17.8 Å². The normalized spacial score (nSPS) is 38.7. The highest BCUT2D eigenvalue weighted by atomic mass is 14.4. The molecule has 4 rings (SSSR count). The van der Waals surface area contributed by atoms with Gasteiger partial charge in [-0.25, -0.2) is 0 Å². The zero-order valence-corrected chi connectivity index (χ0v) is 11.3. The molecular formula is C18H24. The standard InChI is InChI=1S/C18H24/c1-2-6-14-10-18-12-16-8-4-3-7-15(16)11-17(18)9-13(14)5-1/h5,9,11,14,16,18H,1-4,6-8,10,12H2. The Morgan fingerprint density at radius 3 is 2.67 bits per heavy atom. The first kappa shape index (κ1) is 11.1. The summed E-state index contributed by atoms with van der Waals surface area (Å²) in [7, 11) is 0. The third kappa shape index (κ3) is 1.81. The highest BCUT2D eigenvalue weighted by Gasteiger charge is 2.34. The summed E-state index contributed by atoms with van der Waals surface area (Å²) in [6.45, 7) is 0. The van der Waals surface area contributed by atoms with E-state index in [0.717, 1.165) is 17.8 Å². The number of hydrogen-bond donors (Lipinski definition) is 0. The van der Waals surface area contributed by atoms with Crippen LogP contribution in [0.2, 0.25) is 0 Å². The molecule has 0 aliphatic heterocycles. The van der Waals surface area contributed by atoms with Crippen LogP contribution in [0.3, 0.4) is 0 Å². The average molecular weight is 240 g/mol. The van der Waals surface area contributed by atoms with E-state index < -0.39 is 0 Å². The van der Waals surface area contributed by atoms with Crippen LogP contribution in [0, 0.1) is 17.8 Å². The summed E-state index contributed by atoms with van der Waals surface area (Å²) >= 11 is 0. The number of fused-ring (bicyclic) bond motifs is 3. The quantitative estimate of drug-likeness (QED) is 0.547. The highest BCUT2D eigenvalue weighted by molar-refractivity contribution is 5.42. The minimum absolute atomic E-state index is 0.900. The molecule has 0 spiro atoms. The van der Waals surface area contributed by atoms with Crippen LogP contribution in [0.1, 0.15) is 57.8 Å². The zero-order chi connectivity index (χ0) is 11.9. The van der Waals surface area contributed by atoms with Crippen LogP contribution in [0.5, 0.6) is 0 Å². The highest BCUT2D eigenvalue weighted by Crippen LogP contribution is 2.48. The van der Waals surface area contributed by atoms with Gasteiger partial charge < -0.3 is 0 Å². The van der Waals surface area contributed by atoms with Crippen molar-refractivity contribution in [3.8, 4) is 0 Å². The van der Waals surface area contributed by atoms with Crippen LogP contribution in [0.15, 0.2) is 34.9 Å². The maximum Gasteiger partial charge on any atom is -0.0150 e. The van der Waals surface area contributed by atoms with Crippen molar-refractivity contribution in [2.45, 2.75) is 57.8 Å². The van der Waals surface area contributed by atoms with Crippen LogP contribution in [0.4, 0.5) is 0 Å². The predicted octanol–water partition coefficient (Wildman–Crippen LogP) is 5.18. The van der Waals surface area contributed by atoms with E-state index in [9.17, 15) is 0 Å². The van der Waals surface area contributed by atoms with Crippen LogP contribution in [-0.4, -0.2) is 0 Å². The molecule has 1 saturated carbocycles. The number of rotatable bonds is 0. The second-order valence-electron chi connectivity index (χ2n) is 6.81. The molecule has 3 unspecified atom stereocenters. The molecule has 0 aromatic heterocycles. The maximum atomic E-state index is 2.60. The van der Waals surface area contributed by atoms with Gasteiger partial charge in [0.05, 0.1) is 0 Å². The fourth-order valence-electron chi connectivity index (χ4n) is 4.70. The van der Waals surface area contributed by atoms with Crippen LogP contribution >= 0.6 is 0 Å². The smallest absolute Gasteiger partial charge is 0.0150 e. The molecule has 1 fully saturated rings. The van der Waals surface area contributed by atoms with Gasteiger partial charge in [-0.15, -0.1) is 0 Å². The van der Waals surface area contributed by atoms with Gasteiger partial charge in [0.25, 0.3) is 0 Å². The number of allylic oxidation sites excluding steroid dienone is 6. The molecule has 0 heteroatoms. The molecular weight excluding hydrogens is 216 g/mol. The molecule has 4 aliphatic carbocycles. The second-order valence-corrected chi connectivity index (χ2v) is 6.81. The summed E-state index contributed by atoms with van der Waals surface area (Å²) < 4.78 is 0. The van der Waals surface area contributed by atoms with Gasteiger partial charge in [-0.05, 0) is 80.3 Å². The molecule has 0 radical (unpaired) electrons. The van der Waals surface area contributed by atoms with Gasteiger partial charge in [0.1, 0.15) is 0 Å². The molecule has 0 aromatic rings. The van der Waals surface area contributed by atoms with Crippen LogP contribution in [0.25, 0.3) is 0 Å². The van der Waals surface area contributed by atoms with Gasteiger partial charge in [0.15, 0.2) is 0 Å². The molecule has 3 atom stereocenters. The van der Waals surface area contributed by atoms with Crippen molar-refractivity contribution in [1.82, 2.24) is 0 Å². The molecule has 4 aliphatic rings. The fraction of sp³-hybridized carbons (Fsp3) is 0.667. The molecule has 0 amide bonds. The fourth-order valence-corrected chi connectivity index (χ4v) is 4.70. The Labute approximate surface area is 111 Å². The minimum atomic E-state index is 0.900. The van der Waals surface area contributed by atoms with Crippen molar-refractivity contribution in [3.63, 3.8) is 0 Å². The van der Waals surface area contributed by atoms with Gasteiger partial charge in [-0.1, -0.05) is 30.2 Å².